The number of aliphatic carboxylic acids is 2. The second-order valence-corrected chi connectivity index (χ2v) is 21.7. The van der Waals surface area contributed by atoms with Crippen molar-refractivity contribution in [3.8, 4) is 5.75 Å². The van der Waals surface area contributed by atoms with Crippen molar-refractivity contribution in [3.63, 3.8) is 0 Å². The lowest BCUT2D eigenvalue weighted by Gasteiger charge is -2.35. The first kappa shape index (κ1) is 57.7. The van der Waals surface area contributed by atoms with Crippen LogP contribution in [0.2, 0.25) is 0 Å². The van der Waals surface area contributed by atoms with Crippen molar-refractivity contribution < 1.29 is 58.5 Å². The first-order chi connectivity index (χ1) is 35.1. The molecule has 1 saturated heterocycles. The summed E-state index contributed by atoms with van der Waals surface area (Å²) < 4.78 is -1.42. The molecule has 8 atom stereocenters. The number of amides is 7. The number of H-pyrrole nitrogens is 1. The Morgan fingerprint density at radius 3 is 1.86 bits per heavy atom. The Morgan fingerprint density at radius 2 is 1.27 bits per heavy atom. The number of carboxylic acid groups (broad SMARTS) is 2. The number of para-hydroxylation sites is 1. The molecule has 15 N–H and O–H groups in total. The highest BCUT2D eigenvalue weighted by molar-refractivity contribution is 8.77. The summed E-state index contributed by atoms with van der Waals surface area (Å²) >= 11 is 0. The van der Waals surface area contributed by atoms with Gasteiger partial charge in [-0.25, -0.2) is 4.79 Å². The van der Waals surface area contributed by atoms with Gasteiger partial charge in [-0.05, 0) is 67.6 Å². The van der Waals surface area contributed by atoms with Crippen LogP contribution in [0.3, 0.4) is 0 Å². The van der Waals surface area contributed by atoms with Gasteiger partial charge >= 0.3 is 11.9 Å². The van der Waals surface area contributed by atoms with E-state index in [1.807, 2.05) is 18.2 Å². The van der Waals surface area contributed by atoms with E-state index in [4.69, 9.17) is 11.5 Å². The van der Waals surface area contributed by atoms with Crippen molar-refractivity contribution in [2.75, 3.05) is 12.3 Å². The SMILES string of the molecule is CC(C)[C@H](NC(=O)[C@@H]1CSSC(C)(C)C(NC(=O)[C@@H](N)CC(=O)O)C(=O)NC(Cc2ccccc2)C(=O)N[C@H](Cc2c[nH]c3ccccc23)C(=O)NC(CCN)C(=O)NC(Cc2ccc(O)cc2)C(=O)N1)C(=O)O. The van der Waals surface area contributed by atoms with Crippen LogP contribution in [0.15, 0.2) is 85.1 Å². The molecule has 0 radical (unpaired) electrons. The van der Waals surface area contributed by atoms with Gasteiger partial charge in [0.15, 0.2) is 0 Å². The van der Waals surface area contributed by atoms with Gasteiger partial charge in [-0.15, -0.1) is 0 Å². The van der Waals surface area contributed by atoms with Crippen LogP contribution < -0.4 is 48.7 Å². The molecule has 4 unspecified atom stereocenters. The van der Waals surface area contributed by atoms with E-state index in [0.29, 0.717) is 16.7 Å². The molecule has 398 valence electrons. The van der Waals surface area contributed by atoms with Crippen molar-refractivity contribution in [2.24, 2.45) is 17.4 Å². The van der Waals surface area contributed by atoms with Crippen LogP contribution in [0, 0.1) is 5.92 Å². The number of nitrogens with one attached hydrogen (secondary N) is 8. The number of aromatic nitrogens is 1. The molecule has 5 rings (SSSR count). The van der Waals surface area contributed by atoms with Gasteiger partial charge < -0.3 is 69.0 Å². The summed E-state index contributed by atoms with van der Waals surface area (Å²) in [6.45, 7) is 6.10. The first-order valence-electron chi connectivity index (χ1n) is 23.8. The molecule has 1 aliphatic rings. The van der Waals surface area contributed by atoms with Crippen LogP contribution in [0.4, 0.5) is 0 Å². The average molecular weight is 1060 g/mol. The molecule has 22 nitrogen and oxygen atoms in total. The molecule has 7 amide bonds. The zero-order chi connectivity index (χ0) is 54.3. The van der Waals surface area contributed by atoms with Crippen molar-refractivity contribution in [1.29, 1.82) is 0 Å². The zero-order valence-electron chi connectivity index (χ0n) is 41.2. The predicted octanol–water partition coefficient (Wildman–Crippen LogP) is 0.360. The van der Waals surface area contributed by atoms with Crippen molar-refractivity contribution >= 4 is 85.8 Å². The maximum atomic E-state index is 14.8. The molecule has 1 aromatic heterocycles. The predicted molar refractivity (Wildman–Crippen MR) is 278 cm³/mol. The maximum absolute atomic E-state index is 14.8. The van der Waals surface area contributed by atoms with E-state index in [2.05, 4.69) is 42.2 Å². The van der Waals surface area contributed by atoms with Gasteiger partial charge in [-0.1, -0.05) is 96.1 Å². The topological polar surface area (TPSA) is 366 Å². The van der Waals surface area contributed by atoms with Crippen molar-refractivity contribution in [1.82, 2.24) is 42.2 Å². The van der Waals surface area contributed by atoms with Crippen LogP contribution in [0.25, 0.3) is 10.9 Å². The molecule has 2 heterocycles. The van der Waals surface area contributed by atoms with E-state index in [1.54, 1.807) is 70.3 Å². The molecule has 0 spiro atoms. The zero-order valence-corrected chi connectivity index (χ0v) is 42.8. The summed E-state index contributed by atoms with van der Waals surface area (Å²) in [5.74, 6) is -10.1. The monoisotopic (exact) mass is 1060 g/mol. The quantitative estimate of drug-likeness (QED) is 0.0674. The molecule has 24 heteroatoms. The summed E-state index contributed by atoms with van der Waals surface area (Å²) in [6, 6.07) is 9.70. The van der Waals surface area contributed by atoms with Gasteiger partial charge in [-0.2, -0.15) is 0 Å². The van der Waals surface area contributed by atoms with E-state index in [-0.39, 0.29) is 43.7 Å². The fourth-order valence-corrected chi connectivity index (χ4v) is 10.8. The summed E-state index contributed by atoms with van der Waals surface area (Å²) in [5.41, 5.74) is 14.3. The third-order valence-electron chi connectivity index (χ3n) is 12.1. The van der Waals surface area contributed by atoms with E-state index < -0.39 is 119 Å². The van der Waals surface area contributed by atoms with Crippen LogP contribution in [0.1, 0.15) is 57.2 Å². The number of carbonyl (C=O) groups excluding carboxylic acids is 7. The number of hydrogen-bond donors (Lipinski definition) is 13. The Labute approximate surface area is 434 Å². The smallest absolute Gasteiger partial charge is 0.326 e. The lowest BCUT2D eigenvalue weighted by molar-refractivity contribution is -0.143. The highest BCUT2D eigenvalue weighted by atomic mass is 33.1. The number of phenolic OH excluding ortho intramolecular Hbond substituents is 1. The Bertz CT molecular complexity index is 2650. The van der Waals surface area contributed by atoms with Gasteiger partial charge in [-0.3, -0.25) is 38.4 Å². The van der Waals surface area contributed by atoms with Crippen LogP contribution >= 0.6 is 21.6 Å². The minimum atomic E-state index is -1.62. The second kappa shape index (κ2) is 26.7. The van der Waals surface area contributed by atoms with Crippen LogP contribution in [-0.2, 0) is 62.4 Å². The summed E-state index contributed by atoms with van der Waals surface area (Å²) in [6.07, 6.45) is 0.226. The third-order valence-corrected chi connectivity index (χ3v) is 15.4. The highest BCUT2D eigenvalue weighted by Crippen LogP contribution is 2.39. The van der Waals surface area contributed by atoms with Gasteiger partial charge in [0.05, 0.1) is 12.5 Å². The minimum absolute atomic E-state index is 0.0837. The maximum Gasteiger partial charge on any atom is 0.326 e. The Kier molecular flexibility index (Phi) is 20.8. The lowest BCUT2D eigenvalue weighted by atomic mass is 9.98. The summed E-state index contributed by atoms with van der Waals surface area (Å²) in [7, 11) is 1.90. The molecule has 3 aromatic carbocycles. The van der Waals surface area contributed by atoms with Crippen molar-refractivity contribution in [3.05, 3.63) is 102 Å². The van der Waals surface area contributed by atoms with Crippen LogP contribution in [0.5, 0.6) is 5.75 Å². The average Bonchev–Trinajstić information content (AvgIpc) is 3.75. The number of aromatic amines is 1. The number of carbonyl (C=O) groups is 9. The molecule has 1 aliphatic heterocycles. The number of hydrogen-bond acceptors (Lipinski definition) is 14. The molecule has 74 heavy (non-hydrogen) atoms. The van der Waals surface area contributed by atoms with Crippen LogP contribution in [-0.4, -0.2) is 139 Å². The van der Waals surface area contributed by atoms with Gasteiger partial charge in [0.25, 0.3) is 0 Å². The largest absolute Gasteiger partial charge is 0.508 e. The Hall–Kier alpha value is -7.15. The number of benzene rings is 3. The second-order valence-electron chi connectivity index (χ2n) is 18.7. The number of fused-ring (bicyclic) bond motifs is 1. The fraction of sp³-hybridized carbons (Fsp3) is 0.420. The van der Waals surface area contributed by atoms with Gasteiger partial charge in [0, 0.05) is 46.9 Å². The minimum Gasteiger partial charge on any atom is -0.508 e. The molecule has 0 aliphatic carbocycles. The fourth-order valence-electron chi connectivity index (χ4n) is 7.98. The highest BCUT2D eigenvalue weighted by Gasteiger charge is 2.42. The lowest BCUT2D eigenvalue weighted by Crippen LogP contribution is -2.63. The van der Waals surface area contributed by atoms with E-state index in [1.165, 1.54) is 24.3 Å². The number of aromatic hydroxyl groups is 1. The molecule has 4 aromatic rings. The molecular formula is C50H64N10O12S2. The van der Waals surface area contributed by atoms with Crippen molar-refractivity contribution in [2.45, 2.75) is 113 Å². The molecule has 0 saturated carbocycles. The van der Waals surface area contributed by atoms with E-state index in [9.17, 15) is 58.5 Å². The molecular weight excluding hydrogens is 997 g/mol. The molecule has 0 bridgehead atoms. The molecule has 1 fully saturated rings. The van der Waals surface area contributed by atoms with Gasteiger partial charge in [0.1, 0.15) is 48.0 Å². The van der Waals surface area contributed by atoms with E-state index in [0.717, 1.165) is 32.5 Å². The normalized spacial score (nSPS) is 22.2. The van der Waals surface area contributed by atoms with E-state index >= 15 is 0 Å². The number of carboxylic acids is 2. The Morgan fingerprint density at radius 1 is 0.730 bits per heavy atom. The summed E-state index contributed by atoms with van der Waals surface area (Å²) in [5, 5.41) is 48.8. The Balaban J connectivity index is 1.65. The standard InChI is InChI=1S/C50H64N10O12S2/c1-26(2)40(49(71)72)59-47(69)38-25-73-74-50(3,4)41(60-42(64)32(52)23-39(62)63)48(70)57-36(20-27-10-6-5-7-11-27)44(66)56-37(22-29-24-53-33-13-9-8-12-31(29)33)46(68)54-34(18-19-51)43(65)55-35(45(67)58-38)21-28-14-16-30(61)17-15-28/h5-17,24,26,32,34-38,40-41,53,61H,18-23,25,51-52H2,1-4H3,(H,54,68)(H,55,65)(H,56,66)(H,57,70)(H,58,67)(H,59,69)(H,60,64)(H,62,63)(H,71,72)/t32-,34?,35?,36?,37+,38-,40-,41?/m0/s1. The number of phenols is 1. The number of nitrogens with two attached hydrogens (primary N) is 2. The summed E-state index contributed by atoms with van der Waals surface area (Å²) in [4.78, 5) is 128. The third kappa shape index (κ3) is 16.4. The van der Waals surface area contributed by atoms with Gasteiger partial charge in [0.2, 0.25) is 41.4 Å². The number of rotatable bonds is 16. The first-order valence-corrected chi connectivity index (χ1v) is 26.1.